The predicted molar refractivity (Wildman–Crippen MR) is 49.8 cm³/mol. The monoisotopic (exact) mass is 170 g/mol. The molecule has 0 aliphatic carbocycles. The molecule has 2 heteroatoms. The number of rotatable bonds is 5. The topological polar surface area (TPSA) is 26.3 Å². The summed E-state index contributed by atoms with van der Waals surface area (Å²) in [6, 6.07) is 0. The van der Waals surface area contributed by atoms with Crippen LogP contribution < -0.4 is 0 Å². The first-order valence-corrected chi connectivity index (χ1v) is 4.46. The Balaban J connectivity index is 3.25. The summed E-state index contributed by atoms with van der Waals surface area (Å²) in [6.07, 6.45) is 5.20. The number of hydrogen-bond acceptors (Lipinski definition) is 2. The molecule has 0 spiro atoms. The van der Waals surface area contributed by atoms with Crippen molar-refractivity contribution in [3.05, 3.63) is 12.2 Å². The lowest BCUT2D eigenvalue weighted by atomic mass is 10.1. The maximum Gasteiger partial charge on any atom is 0.330 e. The Morgan fingerprint density at radius 3 is 2.67 bits per heavy atom. The van der Waals surface area contributed by atoms with Gasteiger partial charge in [-0.15, -0.1) is 0 Å². The van der Waals surface area contributed by atoms with Gasteiger partial charge in [0.1, 0.15) is 0 Å². The second-order valence-corrected chi connectivity index (χ2v) is 3.20. The first-order valence-electron chi connectivity index (χ1n) is 4.46. The molecule has 0 fully saturated rings. The molecule has 0 aromatic carbocycles. The van der Waals surface area contributed by atoms with E-state index in [1.54, 1.807) is 13.0 Å². The molecule has 0 heterocycles. The van der Waals surface area contributed by atoms with Crippen LogP contribution in [0.2, 0.25) is 0 Å². The molecule has 0 radical (unpaired) electrons. The van der Waals surface area contributed by atoms with Gasteiger partial charge in [0.2, 0.25) is 0 Å². The largest absolute Gasteiger partial charge is 0.463 e. The van der Waals surface area contributed by atoms with Crippen molar-refractivity contribution in [3.63, 3.8) is 0 Å². The summed E-state index contributed by atoms with van der Waals surface area (Å²) in [6.45, 7) is 6.66. The van der Waals surface area contributed by atoms with Crippen molar-refractivity contribution in [2.75, 3.05) is 6.61 Å². The van der Waals surface area contributed by atoms with Crippen molar-refractivity contribution >= 4 is 5.97 Å². The van der Waals surface area contributed by atoms with Gasteiger partial charge in [-0.05, 0) is 25.7 Å². The van der Waals surface area contributed by atoms with Gasteiger partial charge in [0.25, 0.3) is 0 Å². The third-order valence-electron chi connectivity index (χ3n) is 1.47. The molecule has 12 heavy (non-hydrogen) atoms. The summed E-state index contributed by atoms with van der Waals surface area (Å²) in [4.78, 5) is 10.8. The van der Waals surface area contributed by atoms with Crippen LogP contribution >= 0.6 is 0 Å². The second kappa shape index (κ2) is 6.89. The van der Waals surface area contributed by atoms with Crippen LogP contribution in [0.15, 0.2) is 12.2 Å². The molecule has 0 saturated carbocycles. The highest BCUT2D eigenvalue weighted by molar-refractivity contribution is 5.81. The van der Waals surface area contributed by atoms with Gasteiger partial charge in [0.05, 0.1) is 6.61 Å². The first kappa shape index (κ1) is 11.2. The molecule has 0 unspecified atom stereocenters. The predicted octanol–water partition coefficient (Wildman–Crippen LogP) is 2.54. The lowest BCUT2D eigenvalue weighted by Crippen LogP contribution is -2.03. The van der Waals surface area contributed by atoms with Crippen LogP contribution in [-0.2, 0) is 9.53 Å². The summed E-state index contributed by atoms with van der Waals surface area (Å²) in [5, 5.41) is 0. The van der Waals surface area contributed by atoms with Gasteiger partial charge in [0.15, 0.2) is 0 Å². The van der Waals surface area contributed by atoms with E-state index >= 15 is 0 Å². The summed E-state index contributed by atoms with van der Waals surface area (Å²) in [7, 11) is 0. The van der Waals surface area contributed by atoms with Crippen molar-refractivity contribution in [1.29, 1.82) is 0 Å². The molecule has 0 saturated heterocycles. The third kappa shape index (κ3) is 7.32. The van der Waals surface area contributed by atoms with Crippen molar-refractivity contribution in [1.82, 2.24) is 0 Å². The first-order chi connectivity index (χ1) is 5.66. The van der Waals surface area contributed by atoms with Gasteiger partial charge in [-0.3, -0.25) is 0 Å². The Morgan fingerprint density at radius 2 is 2.17 bits per heavy atom. The zero-order valence-electron chi connectivity index (χ0n) is 8.17. The zero-order chi connectivity index (χ0) is 9.40. The highest BCUT2D eigenvalue weighted by atomic mass is 16.5. The standard InChI is InChI=1S/C10H18O2/c1-4-6-10(11)12-8-5-7-9(2)3/h4,6,9H,5,7-8H2,1-3H3/b6-4+. The molecule has 0 aromatic heterocycles. The van der Waals surface area contributed by atoms with Crippen LogP contribution in [0.1, 0.15) is 33.6 Å². The van der Waals surface area contributed by atoms with Gasteiger partial charge in [-0.25, -0.2) is 4.79 Å². The second-order valence-electron chi connectivity index (χ2n) is 3.20. The minimum atomic E-state index is -0.235. The Kier molecular flexibility index (Phi) is 6.44. The minimum Gasteiger partial charge on any atom is -0.463 e. The molecule has 0 aromatic rings. The van der Waals surface area contributed by atoms with Crippen LogP contribution in [0.4, 0.5) is 0 Å². The third-order valence-corrected chi connectivity index (χ3v) is 1.47. The lowest BCUT2D eigenvalue weighted by Gasteiger charge is -2.03. The Hall–Kier alpha value is -0.790. The molecule has 0 rings (SSSR count). The highest BCUT2D eigenvalue weighted by Gasteiger charge is 1.97. The van der Waals surface area contributed by atoms with Gasteiger partial charge in [-0.2, -0.15) is 0 Å². The van der Waals surface area contributed by atoms with Crippen LogP contribution in [0.25, 0.3) is 0 Å². The quantitative estimate of drug-likeness (QED) is 0.360. The van der Waals surface area contributed by atoms with Gasteiger partial charge in [0, 0.05) is 6.08 Å². The van der Waals surface area contributed by atoms with Crippen molar-refractivity contribution in [3.8, 4) is 0 Å². The van der Waals surface area contributed by atoms with Crippen molar-refractivity contribution in [2.45, 2.75) is 33.6 Å². The number of esters is 1. The maximum absolute atomic E-state index is 10.8. The zero-order valence-corrected chi connectivity index (χ0v) is 8.17. The van der Waals surface area contributed by atoms with Gasteiger partial charge in [-0.1, -0.05) is 19.9 Å². The van der Waals surface area contributed by atoms with Gasteiger partial charge >= 0.3 is 5.97 Å². The molecule has 0 aliphatic rings. The van der Waals surface area contributed by atoms with E-state index in [-0.39, 0.29) is 5.97 Å². The van der Waals surface area contributed by atoms with E-state index in [1.165, 1.54) is 6.08 Å². The van der Waals surface area contributed by atoms with E-state index < -0.39 is 0 Å². The fraction of sp³-hybridized carbons (Fsp3) is 0.700. The Bertz CT molecular complexity index is 148. The number of ether oxygens (including phenoxy) is 1. The number of carbonyl (C=O) groups excluding carboxylic acids is 1. The Morgan fingerprint density at radius 1 is 1.50 bits per heavy atom. The van der Waals surface area contributed by atoms with E-state index in [2.05, 4.69) is 13.8 Å². The lowest BCUT2D eigenvalue weighted by molar-refractivity contribution is -0.137. The maximum atomic E-state index is 10.8. The van der Waals surface area contributed by atoms with Crippen LogP contribution in [0.3, 0.4) is 0 Å². The summed E-state index contributed by atoms with van der Waals surface area (Å²) < 4.78 is 4.91. The van der Waals surface area contributed by atoms with E-state index in [9.17, 15) is 4.79 Å². The summed E-state index contributed by atoms with van der Waals surface area (Å²) in [5.41, 5.74) is 0. The van der Waals surface area contributed by atoms with Crippen molar-refractivity contribution < 1.29 is 9.53 Å². The summed E-state index contributed by atoms with van der Waals surface area (Å²) in [5.74, 6) is 0.451. The van der Waals surface area contributed by atoms with E-state index in [4.69, 9.17) is 4.74 Å². The SMILES string of the molecule is C/C=C/C(=O)OCCCC(C)C. The molecule has 0 N–H and O–H groups in total. The molecule has 0 bridgehead atoms. The van der Waals surface area contributed by atoms with E-state index in [0.717, 1.165) is 12.8 Å². The molecule has 0 atom stereocenters. The van der Waals surface area contributed by atoms with E-state index in [0.29, 0.717) is 12.5 Å². The smallest absolute Gasteiger partial charge is 0.330 e. The fourth-order valence-electron chi connectivity index (χ4n) is 0.849. The molecule has 0 aliphatic heterocycles. The van der Waals surface area contributed by atoms with E-state index in [1.807, 2.05) is 0 Å². The molecule has 2 nitrogen and oxygen atoms in total. The minimum absolute atomic E-state index is 0.235. The van der Waals surface area contributed by atoms with Crippen molar-refractivity contribution in [2.24, 2.45) is 5.92 Å². The average molecular weight is 170 g/mol. The summed E-state index contributed by atoms with van der Waals surface area (Å²) >= 11 is 0. The Labute approximate surface area is 74.6 Å². The normalized spacial score (nSPS) is 11.0. The van der Waals surface area contributed by atoms with Crippen LogP contribution in [-0.4, -0.2) is 12.6 Å². The van der Waals surface area contributed by atoms with Crippen LogP contribution in [0.5, 0.6) is 0 Å². The number of hydrogen-bond donors (Lipinski definition) is 0. The van der Waals surface area contributed by atoms with Gasteiger partial charge < -0.3 is 4.74 Å². The van der Waals surface area contributed by atoms with Crippen LogP contribution in [0, 0.1) is 5.92 Å². The number of allylic oxidation sites excluding steroid dienone is 1. The molecule has 70 valence electrons. The fourth-order valence-corrected chi connectivity index (χ4v) is 0.849. The molecule has 0 amide bonds. The molecular weight excluding hydrogens is 152 g/mol. The highest BCUT2D eigenvalue weighted by Crippen LogP contribution is 2.03. The number of carbonyl (C=O) groups is 1. The molecular formula is C10H18O2. The average Bonchev–Trinajstić information content (AvgIpc) is 1.98.